The van der Waals surface area contributed by atoms with Crippen LogP contribution in [0.4, 0.5) is 0 Å². The van der Waals surface area contributed by atoms with Gasteiger partial charge < -0.3 is 10.6 Å². The third-order valence-electron chi connectivity index (χ3n) is 5.05. The highest BCUT2D eigenvalue weighted by Crippen LogP contribution is 2.34. The molecule has 2 amide bonds. The number of rotatable bonds is 4. The molecule has 4 heterocycles. The quantitative estimate of drug-likeness (QED) is 0.705. The van der Waals surface area contributed by atoms with Gasteiger partial charge in [0.05, 0.1) is 17.6 Å². The van der Waals surface area contributed by atoms with Crippen LogP contribution < -0.4 is 11.3 Å². The van der Waals surface area contributed by atoms with Crippen molar-refractivity contribution < 1.29 is 9.59 Å². The lowest BCUT2D eigenvalue weighted by Gasteiger charge is -2.31. The van der Waals surface area contributed by atoms with Crippen LogP contribution in [0.25, 0.3) is 20.7 Å². The van der Waals surface area contributed by atoms with E-state index in [0.29, 0.717) is 29.7 Å². The highest BCUT2D eigenvalue weighted by molar-refractivity contribution is 7.19. The SMILES string of the molecule is Cc1ccc(-c2csc3ncn(CC(=O)N4CCC[C@H](C(N)=O)C4)c(=O)c23)s1. The van der Waals surface area contributed by atoms with E-state index < -0.39 is 0 Å². The Bertz CT molecular complexity index is 1110. The zero-order chi connectivity index (χ0) is 19.8. The van der Waals surface area contributed by atoms with E-state index >= 15 is 0 Å². The van der Waals surface area contributed by atoms with E-state index in [1.807, 2.05) is 24.4 Å². The van der Waals surface area contributed by atoms with Gasteiger partial charge in [0.25, 0.3) is 5.56 Å². The van der Waals surface area contributed by atoms with Gasteiger partial charge in [-0.1, -0.05) is 0 Å². The zero-order valence-corrected chi connectivity index (χ0v) is 17.0. The minimum absolute atomic E-state index is 0.0913. The van der Waals surface area contributed by atoms with Gasteiger partial charge in [-0.2, -0.15) is 0 Å². The maximum Gasteiger partial charge on any atom is 0.263 e. The highest BCUT2D eigenvalue weighted by Gasteiger charge is 2.27. The number of amides is 2. The number of fused-ring (bicyclic) bond motifs is 1. The van der Waals surface area contributed by atoms with Crippen LogP contribution in [-0.2, 0) is 16.1 Å². The second kappa shape index (κ2) is 7.48. The lowest BCUT2D eigenvalue weighted by atomic mass is 9.97. The van der Waals surface area contributed by atoms with E-state index in [9.17, 15) is 14.4 Å². The number of aryl methyl sites for hydroxylation is 1. The van der Waals surface area contributed by atoms with Gasteiger partial charge in [-0.15, -0.1) is 22.7 Å². The molecule has 3 aromatic rings. The number of thiophene rings is 2. The molecule has 0 aromatic carbocycles. The molecule has 0 saturated carbocycles. The summed E-state index contributed by atoms with van der Waals surface area (Å²) in [5.74, 6) is -0.898. The average Bonchev–Trinajstić information content (AvgIpc) is 3.30. The van der Waals surface area contributed by atoms with Crippen LogP contribution in [0.3, 0.4) is 0 Å². The minimum atomic E-state index is -0.382. The van der Waals surface area contributed by atoms with E-state index in [0.717, 1.165) is 16.9 Å². The van der Waals surface area contributed by atoms with Crippen molar-refractivity contribution in [3.63, 3.8) is 0 Å². The number of carbonyl (C=O) groups excluding carboxylic acids is 2. The van der Waals surface area contributed by atoms with E-state index in [1.54, 1.807) is 16.2 Å². The van der Waals surface area contributed by atoms with Gasteiger partial charge in [-0.05, 0) is 31.9 Å². The second-order valence-electron chi connectivity index (χ2n) is 7.00. The molecule has 4 rings (SSSR count). The maximum atomic E-state index is 13.1. The minimum Gasteiger partial charge on any atom is -0.369 e. The lowest BCUT2D eigenvalue weighted by molar-refractivity contribution is -0.135. The highest BCUT2D eigenvalue weighted by atomic mass is 32.1. The van der Waals surface area contributed by atoms with Crippen molar-refractivity contribution in [2.24, 2.45) is 11.7 Å². The predicted molar refractivity (Wildman–Crippen MR) is 110 cm³/mol. The third-order valence-corrected chi connectivity index (χ3v) is 6.97. The smallest absolute Gasteiger partial charge is 0.263 e. The third kappa shape index (κ3) is 3.47. The molecule has 0 bridgehead atoms. The van der Waals surface area contributed by atoms with Gasteiger partial charge in [0.2, 0.25) is 11.8 Å². The van der Waals surface area contributed by atoms with Crippen molar-refractivity contribution in [3.8, 4) is 10.4 Å². The molecular weight excluding hydrogens is 396 g/mol. The molecule has 0 radical (unpaired) electrons. The van der Waals surface area contributed by atoms with Crippen LogP contribution in [0.15, 0.2) is 28.6 Å². The Labute approximate surface area is 169 Å². The molecule has 28 heavy (non-hydrogen) atoms. The molecule has 1 aliphatic rings. The number of piperidine rings is 1. The average molecular weight is 417 g/mol. The Balaban J connectivity index is 1.62. The van der Waals surface area contributed by atoms with Crippen molar-refractivity contribution in [2.45, 2.75) is 26.3 Å². The largest absolute Gasteiger partial charge is 0.369 e. The van der Waals surface area contributed by atoms with Crippen molar-refractivity contribution in [1.82, 2.24) is 14.5 Å². The number of aromatic nitrogens is 2. The van der Waals surface area contributed by atoms with Gasteiger partial charge in [0.15, 0.2) is 0 Å². The van der Waals surface area contributed by atoms with Crippen molar-refractivity contribution in [3.05, 3.63) is 39.1 Å². The van der Waals surface area contributed by atoms with Gasteiger partial charge in [0.1, 0.15) is 11.4 Å². The fourth-order valence-electron chi connectivity index (χ4n) is 3.52. The molecule has 3 aromatic heterocycles. The molecule has 1 fully saturated rings. The van der Waals surface area contributed by atoms with E-state index in [-0.39, 0.29) is 29.8 Å². The molecule has 146 valence electrons. The normalized spacial score (nSPS) is 17.2. The zero-order valence-electron chi connectivity index (χ0n) is 15.4. The Morgan fingerprint density at radius 2 is 2.18 bits per heavy atom. The summed E-state index contributed by atoms with van der Waals surface area (Å²) in [6, 6.07) is 4.02. The molecule has 9 heteroatoms. The Morgan fingerprint density at radius 3 is 2.89 bits per heavy atom. The summed E-state index contributed by atoms with van der Waals surface area (Å²) < 4.78 is 1.36. The van der Waals surface area contributed by atoms with Crippen molar-refractivity contribution in [1.29, 1.82) is 0 Å². The number of nitrogens with two attached hydrogens (primary N) is 1. The first kappa shape index (κ1) is 18.8. The Kier molecular flexibility index (Phi) is 5.03. The number of hydrogen-bond acceptors (Lipinski definition) is 6. The Hall–Kier alpha value is -2.52. The molecule has 1 atom stereocenters. The number of likely N-dealkylation sites (tertiary alicyclic amines) is 1. The molecule has 1 aliphatic heterocycles. The first-order valence-electron chi connectivity index (χ1n) is 9.04. The van der Waals surface area contributed by atoms with Crippen LogP contribution in [-0.4, -0.2) is 39.4 Å². The summed E-state index contributed by atoms with van der Waals surface area (Å²) in [6.07, 6.45) is 2.86. The second-order valence-corrected chi connectivity index (χ2v) is 9.14. The van der Waals surface area contributed by atoms with Gasteiger partial charge in [0, 0.05) is 33.8 Å². The molecule has 0 unspecified atom stereocenters. The number of primary amides is 1. The van der Waals surface area contributed by atoms with Crippen LogP contribution in [0.2, 0.25) is 0 Å². The number of carbonyl (C=O) groups is 2. The standard InChI is InChI=1S/C19H20N4O3S2/c1-11-4-5-14(28-11)13-9-27-18-16(13)19(26)23(10-21-18)8-15(24)22-6-2-3-12(7-22)17(20)25/h4-5,9-10,12H,2-3,6-8H2,1H3,(H2,20,25)/t12-/m0/s1. The molecule has 1 saturated heterocycles. The number of nitrogens with zero attached hydrogens (tertiary/aromatic N) is 3. The monoisotopic (exact) mass is 416 g/mol. The molecular formula is C19H20N4O3S2. The van der Waals surface area contributed by atoms with Gasteiger partial charge in [-0.25, -0.2) is 4.98 Å². The Morgan fingerprint density at radius 1 is 1.36 bits per heavy atom. The lowest BCUT2D eigenvalue weighted by Crippen LogP contribution is -2.45. The van der Waals surface area contributed by atoms with Gasteiger partial charge in [-0.3, -0.25) is 19.0 Å². The molecule has 0 spiro atoms. The van der Waals surface area contributed by atoms with Gasteiger partial charge >= 0.3 is 0 Å². The van der Waals surface area contributed by atoms with Crippen LogP contribution in [0.1, 0.15) is 17.7 Å². The summed E-state index contributed by atoms with van der Waals surface area (Å²) in [5, 5.41) is 2.49. The first-order chi connectivity index (χ1) is 13.4. The first-order valence-corrected chi connectivity index (χ1v) is 10.7. The molecule has 2 N–H and O–H groups in total. The summed E-state index contributed by atoms with van der Waals surface area (Å²) in [6.45, 7) is 2.82. The predicted octanol–water partition coefficient (Wildman–Crippen LogP) is 2.22. The van der Waals surface area contributed by atoms with E-state index in [1.165, 1.54) is 27.1 Å². The number of hydrogen-bond donors (Lipinski definition) is 1. The summed E-state index contributed by atoms with van der Waals surface area (Å²) in [4.78, 5) is 46.1. The molecule has 7 nitrogen and oxygen atoms in total. The van der Waals surface area contributed by atoms with E-state index in [4.69, 9.17) is 5.73 Å². The fourth-order valence-corrected chi connectivity index (χ4v) is 5.38. The topological polar surface area (TPSA) is 98.3 Å². The summed E-state index contributed by atoms with van der Waals surface area (Å²) in [5.41, 5.74) is 6.04. The van der Waals surface area contributed by atoms with Crippen molar-refractivity contribution in [2.75, 3.05) is 13.1 Å². The molecule has 0 aliphatic carbocycles. The van der Waals surface area contributed by atoms with Crippen LogP contribution >= 0.6 is 22.7 Å². The van der Waals surface area contributed by atoms with Crippen LogP contribution in [0.5, 0.6) is 0 Å². The summed E-state index contributed by atoms with van der Waals surface area (Å²) >= 11 is 3.05. The summed E-state index contributed by atoms with van der Waals surface area (Å²) in [7, 11) is 0. The van der Waals surface area contributed by atoms with E-state index in [2.05, 4.69) is 4.98 Å². The van der Waals surface area contributed by atoms with Crippen molar-refractivity contribution >= 4 is 44.7 Å². The van der Waals surface area contributed by atoms with Crippen LogP contribution in [0, 0.1) is 12.8 Å². The fraction of sp³-hybridized carbons (Fsp3) is 0.368. The maximum absolute atomic E-state index is 13.1.